The molecule has 2 aliphatic rings. The number of nitrogens with one attached hydrogen (secondary N) is 1. The number of nitrogens with zero attached hydrogens (tertiary/aromatic N) is 4. The molecule has 4 rings (SSSR count). The van der Waals surface area contributed by atoms with E-state index in [-0.39, 0.29) is 23.5 Å². The zero-order valence-electron chi connectivity index (χ0n) is 14.8. The lowest BCUT2D eigenvalue weighted by atomic mass is 10.2. The van der Waals surface area contributed by atoms with Crippen LogP contribution in [0.15, 0.2) is 12.4 Å². The van der Waals surface area contributed by atoms with Crippen LogP contribution in [0.2, 0.25) is 0 Å². The molecule has 26 heavy (non-hydrogen) atoms. The van der Waals surface area contributed by atoms with Crippen molar-refractivity contribution in [1.82, 2.24) is 19.7 Å². The predicted molar refractivity (Wildman–Crippen MR) is 96.0 cm³/mol. The van der Waals surface area contributed by atoms with Gasteiger partial charge in [-0.25, -0.2) is 18.4 Å². The summed E-state index contributed by atoms with van der Waals surface area (Å²) in [6, 6.07) is -0.175. The van der Waals surface area contributed by atoms with Gasteiger partial charge in [-0.05, 0) is 33.1 Å². The molecule has 1 unspecified atom stereocenters. The zero-order chi connectivity index (χ0) is 18.5. The highest BCUT2D eigenvalue weighted by atomic mass is 32.2. The Morgan fingerprint density at radius 2 is 1.88 bits per heavy atom. The number of hydrogen-bond acceptors (Lipinski definition) is 6. The second-order valence-corrected chi connectivity index (χ2v) is 9.33. The van der Waals surface area contributed by atoms with E-state index in [4.69, 9.17) is 0 Å². The first-order valence-corrected chi connectivity index (χ1v) is 10.6. The van der Waals surface area contributed by atoms with Crippen LogP contribution < -0.4 is 5.32 Å². The summed E-state index contributed by atoms with van der Waals surface area (Å²) >= 11 is 0. The minimum Gasteiger partial charge on any atom is -0.319 e. The largest absolute Gasteiger partial charge is 0.319 e. The lowest BCUT2D eigenvalue weighted by molar-refractivity contribution is 0.102. The van der Waals surface area contributed by atoms with Crippen molar-refractivity contribution in [3.05, 3.63) is 35.2 Å². The SMILES string of the molecule is Cc1nn(C2CCS(=O)(=O)C2)c(C)c1NC(=O)c1cnc(C2CC2)nc1. The summed E-state index contributed by atoms with van der Waals surface area (Å²) in [6.45, 7) is 3.64. The van der Waals surface area contributed by atoms with E-state index >= 15 is 0 Å². The molecule has 0 bridgehead atoms. The highest BCUT2D eigenvalue weighted by Gasteiger charge is 2.32. The standard InChI is InChI=1S/C17H21N5O3S/c1-10-15(11(2)22(21-10)14-5-6-26(24,25)9-14)20-17(23)13-7-18-16(19-8-13)12-3-4-12/h7-8,12,14H,3-6,9H2,1-2H3,(H,20,23). The van der Waals surface area contributed by atoms with E-state index in [1.807, 2.05) is 6.92 Å². The van der Waals surface area contributed by atoms with E-state index in [1.165, 1.54) is 0 Å². The number of carbonyl (C=O) groups is 1. The number of anilines is 1. The molecule has 2 fully saturated rings. The highest BCUT2D eigenvalue weighted by Crippen LogP contribution is 2.37. The molecule has 1 saturated heterocycles. The van der Waals surface area contributed by atoms with Crippen LogP contribution in [-0.2, 0) is 9.84 Å². The molecular weight excluding hydrogens is 354 g/mol. The van der Waals surface area contributed by atoms with Crippen LogP contribution in [0.3, 0.4) is 0 Å². The quantitative estimate of drug-likeness (QED) is 0.873. The molecule has 1 amide bonds. The summed E-state index contributed by atoms with van der Waals surface area (Å²) in [7, 11) is -3.00. The smallest absolute Gasteiger partial charge is 0.258 e. The lowest BCUT2D eigenvalue weighted by Gasteiger charge is -2.11. The highest BCUT2D eigenvalue weighted by molar-refractivity contribution is 7.91. The maximum atomic E-state index is 12.5. The average molecular weight is 375 g/mol. The fourth-order valence-corrected chi connectivity index (χ4v) is 5.05. The maximum absolute atomic E-state index is 12.5. The molecule has 1 atom stereocenters. The molecule has 0 radical (unpaired) electrons. The Morgan fingerprint density at radius 1 is 1.19 bits per heavy atom. The van der Waals surface area contributed by atoms with Crippen LogP contribution in [0.4, 0.5) is 5.69 Å². The van der Waals surface area contributed by atoms with Crippen molar-refractivity contribution in [1.29, 1.82) is 0 Å². The second-order valence-electron chi connectivity index (χ2n) is 7.11. The van der Waals surface area contributed by atoms with E-state index < -0.39 is 9.84 Å². The first-order valence-electron chi connectivity index (χ1n) is 8.73. The second kappa shape index (κ2) is 6.15. The Kier molecular flexibility index (Phi) is 4.06. The summed E-state index contributed by atoms with van der Waals surface area (Å²) in [6.07, 6.45) is 5.87. The van der Waals surface area contributed by atoms with Crippen LogP contribution in [0.25, 0.3) is 0 Å². The van der Waals surface area contributed by atoms with Gasteiger partial charge in [0.05, 0.1) is 40.2 Å². The Balaban J connectivity index is 1.53. The van der Waals surface area contributed by atoms with Crippen molar-refractivity contribution < 1.29 is 13.2 Å². The van der Waals surface area contributed by atoms with E-state index in [0.717, 1.165) is 24.4 Å². The fourth-order valence-electron chi connectivity index (χ4n) is 3.36. The number of sulfone groups is 1. The monoisotopic (exact) mass is 375 g/mol. The third-order valence-electron chi connectivity index (χ3n) is 4.99. The van der Waals surface area contributed by atoms with Gasteiger partial charge in [-0.15, -0.1) is 0 Å². The van der Waals surface area contributed by atoms with E-state index in [1.54, 1.807) is 24.0 Å². The zero-order valence-corrected chi connectivity index (χ0v) is 15.6. The number of hydrogen-bond donors (Lipinski definition) is 1. The summed E-state index contributed by atoms with van der Waals surface area (Å²) in [5, 5.41) is 7.33. The average Bonchev–Trinajstić information content (AvgIpc) is 3.34. The summed E-state index contributed by atoms with van der Waals surface area (Å²) in [4.78, 5) is 21.1. The maximum Gasteiger partial charge on any atom is 0.258 e. The number of aryl methyl sites for hydroxylation is 1. The summed E-state index contributed by atoms with van der Waals surface area (Å²) in [5.41, 5.74) is 2.43. The van der Waals surface area contributed by atoms with Gasteiger partial charge in [0, 0.05) is 18.3 Å². The topological polar surface area (TPSA) is 107 Å². The Hall–Kier alpha value is -2.29. The van der Waals surface area contributed by atoms with E-state index in [9.17, 15) is 13.2 Å². The molecule has 1 saturated carbocycles. The third-order valence-corrected chi connectivity index (χ3v) is 6.74. The molecular formula is C17H21N5O3S. The first kappa shape index (κ1) is 17.1. The molecule has 8 nitrogen and oxygen atoms in total. The number of carbonyl (C=O) groups excluding carboxylic acids is 1. The van der Waals surface area contributed by atoms with Gasteiger partial charge in [-0.2, -0.15) is 5.10 Å². The minimum absolute atomic E-state index is 0.0960. The summed E-state index contributed by atoms with van der Waals surface area (Å²) in [5.74, 6) is 1.22. The van der Waals surface area contributed by atoms with Crippen molar-refractivity contribution in [3.8, 4) is 0 Å². The Bertz CT molecular complexity index is 961. The summed E-state index contributed by atoms with van der Waals surface area (Å²) < 4.78 is 25.2. The van der Waals surface area contributed by atoms with Crippen molar-refractivity contribution in [2.24, 2.45) is 0 Å². The van der Waals surface area contributed by atoms with Gasteiger partial charge >= 0.3 is 0 Å². The van der Waals surface area contributed by atoms with Crippen molar-refractivity contribution >= 4 is 21.4 Å². The normalized spacial score (nSPS) is 21.7. The Labute approximate surface area is 152 Å². The van der Waals surface area contributed by atoms with Crippen molar-refractivity contribution in [2.75, 3.05) is 16.8 Å². The predicted octanol–water partition coefficient (Wildman–Crippen LogP) is 1.78. The fraction of sp³-hybridized carbons (Fsp3) is 0.529. The molecule has 1 aliphatic heterocycles. The van der Waals surface area contributed by atoms with Gasteiger partial charge in [0.2, 0.25) is 0 Å². The number of amides is 1. The Morgan fingerprint density at radius 3 is 2.46 bits per heavy atom. The van der Waals surface area contributed by atoms with E-state index in [0.29, 0.717) is 29.3 Å². The van der Waals surface area contributed by atoms with E-state index in [2.05, 4.69) is 20.4 Å². The van der Waals surface area contributed by atoms with Crippen LogP contribution >= 0.6 is 0 Å². The molecule has 138 valence electrons. The van der Waals surface area contributed by atoms with Gasteiger partial charge in [0.1, 0.15) is 5.82 Å². The molecule has 3 heterocycles. The van der Waals surface area contributed by atoms with Gasteiger partial charge in [-0.3, -0.25) is 9.48 Å². The van der Waals surface area contributed by atoms with Crippen LogP contribution in [-0.4, -0.2) is 45.6 Å². The molecule has 1 aliphatic carbocycles. The van der Waals surface area contributed by atoms with Crippen LogP contribution in [0.1, 0.15) is 58.8 Å². The molecule has 2 aromatic rings. The number of aromatic nitrogens is 4. The van der Waals surface area contributed by atoms with Crippen molar-refractivity contribution in [3.63, 3.8) is 0 Å². The lowest BCUT2D eigenvalue weighted by Crippen LogP contribution is -2.16. The molecule has 0 aromatic carbocycles. The minimum atomic E-state index is -3.00. The van der Waals surface area contributed by atoms with Gasteiger partial charge < -0.3 is 5.32 Å². The van der Waals surface area contributed by atoms with Crippen LogP contribution in [0, 0.1) is 13.8 Å². The van der Waals surface area contributed by atoms with Crippen LogP contribution in [0.5, 0.6) is 0 Å². The molecule has 9 heteroatoms. The van der Waals surface area contributed by atoms with Crippen molar-refractivity contribution in [2.45, 2.75) is 45.1 Å². The molecule has 1 N–H and O–H groups in total. The van der Waals surface area contributed by atoms with Gasteiger partial charge in [0.25, 0.3) is 5.91 Å². The molecule has 2 aromatic heterocycles. The number of rotatable bonds is 4. The molecule has 0 spiro atoms. The first-order chi connectivity index (χ1) is 12.3. The van der Waals surface area contributed by atoms with Gasteiger partial charge in [0.15, 0.2) is 9.84 Å². The van der Waals surface area contributed by atoms with Gasteiger partial charge in [-0.1, -0.05) is 0 Å². The third kappa shape index (κ3) is 3.23.